The normalized spacial score (nSPS) is 14.4. The van der Waals surface area contributed by atoms with Gasteiger partial charge < -0.3 is 10.2 Å². The molecule has 4 rings (SSSR count). The maximum absolute atomic E-state index is 14.3. The van der Waals surface area contributed by atoms with Crippen LogP contribution in [0, 0.1) is 20.8 Å². The highest BCUT2D eigenvalue weighted by Crippen LogP contribution is 2.28. The fourth-order valence-corrected chi connectivity index (χ4v) is 7.11. The zero-order chi connectivity index (χ0) is 29.6. The molecule has 0 radical (unpaired) electrons. The first kappa shape index (κ1) is 30.3. The molecule has 0 aromatic heterocycles. The maximum Gasteiger partial charge on any atom is 0.264 e. The first-order valence-corrected chi connectivity index (χ1v) is 15.8. The van der Waals surface area contributed by atoms with Crippen LogP contribution < -0.4 is 9.62 Å². The number of aryl methyl sites for hydroxylation is 3. The number of carbonyl (C=O) groups is 2. The molecule has 2 amide bonds. The minimum atomic E-state index is -4.08. The average molecular weight is 576 g/mol. The van der Waals surface area contributed by atoms with Gasteiger partial charge in [-0.2, -0.15) is 0 Å². The number of hydrogen-bond acceptors (Lipinski definition) is 4. The molecule has 0 spiro atoms. The van der Waals surface area contributed by atoms with Gasteiger partial charge in [-0.05, 0) is 69.4 Å². The molecule has 8 heteroatoms. The molecule has 218 valence electrons. The molecule has 1 saturated carbocycles. The van der Waals surface area contributed by atoms with Gasteiger partial charge in [-0.25, -0.2) is 8.42 Å². The third-order valence-corrected chi connectivity index (χ3v) is 9.53. The topological polar surface area (TPSA) is 86.8 Å². The molecule has 1 N–H and O–H groups in total. The van der Waals surface area contributed by atoms with Crippen molar-refractivity contribution in [2.45, 2.75) is 83.3 Å². The summed E-state index contributed by atoms with van der Waals surface area (Å²) in [6, 6.07) is 20.8. The summed E-state index contributed by atoms with van der Waals surface area (Å²) in [5.41, 5.74) is 4.10. The predicted octanol–water partition coefficient (Wildman–Crippen LogP) is 5.67. The van der Waals surface area contributed by atoms with Gasteiger partial charge in [0.1, 0.15) is 12.6 Å². The molecular formula is C33H41N3O4S. The van der Waals surface area contributed by atoms with Crippen LogP contribution in [0.3, 0.4) is 0 Å². The van der Waals surface area contributed by atoms with Crippen LogP contribution in [0.4, 0.5) is 5.69 Å². The second-order valence-corrected chi connectivity index (χ2v) is 12.9. The van der Waals surface area contributed by atoms with E-state index in [0.717, 1.165) is 47.9 Å². The number of amides is 2. The molecule has 1 aliphatic carbocycles. The minimum Gasteiger partial charge on any atom is -0.352 e. The third kappa shape index (κ3) is 7.36. The summed E-state index contributed by atoms with van der Waals surface area (Å²) in [7, 11) is -4.08. The minimum absolute atomic E-state index is 0.101. The second-order valence-electron chi connectivity index (χ2n) is 11.0. The Bertz CT molecular complexity index is 1470. The Hall–Kier alpha value is -3.65. The number of rotatable bonds is 11. The van der Waals surface area contributed by atoms with E-state index in [2.05, 4.69) is 5.32 Å². The largest absolute Gasteiger partial charge is 0.352 e. The van der Waals surface area contributed by atoms with Crippen molar-refractivity contribution in [3.8, 4) is 0 Å². The van der Waals surface area contributed by atoms with Gasteiger partial charge in [-0.15, -0.1) is 0 Å². The number of benzene rings is 3. The van der Waals surface area contributed by atoms with E-state index in [1.807, 2.05) is 64.1 Å². The van der Waals surface area contributed by atoms with Crippen LogP contribution in [0.1, 0.15) is 61.3 Å². The molecule has 0 bridgehead atoms. The van der Waals surface area contributed by atoms with E-state index >= 15 is 0 Å². The van der Waals surface area contributed by atoms with Crippen molar-refractivity contribution >= 4 is 27.5 Å². The first-order chi connectivity index (χ1) is 19.6. The SMILES string of the molecule is CC[C@@H](C(=O)NC1CCCC1)N(Cc1cccc(C)c1)C(=O)CN(c1ccc(C)cc1C)S(=O)(=O)c1ccccc1. The molecule has 41 heavy (non-hydrogen) atoms. The average Bonchev–Trinajstić information content (AvgIpc) is 3.45. The van der Waals surface area contributed by atoms with Gasteiger partial charge in [0, 0.05) is 12.6 Å². The van der Waals surface area contributed by atoms with Crippen LogP contribution in [-0.2, 0) is 26.2 Å². The number of anilines is 1. The maximum atomic E-state index is 14.3. The van der Waals surface area contributed by atoms with E-state index in [-0.39, 0.29) is 23.4 Å². The molecule has 0 aliphatic heterocycles. The lowest BCUT2D eigenvalue weighted by molar-refractivity contribution is -0.140. The van der Waals surface area contributed by atoms with Gasteiger partial charge in [-0.1, -0.05) is 85.5 Å². The Morgan fingerprint density at radius 3 is 2.22 bits per heavy atom. The molecule has 3 aromatic carbocycles. The van der Waals surface area contributed by atoms with E-state index in [1.165, 1.54) is 16.4 Å². The van der Waals surface area contributed by atoms with Gasteiger partial charge in [0.15, 0.2) is 0 Å². The van der Waals surface area contributed by atoms with Crippen molar-refractivity contribution in [2.75, 3.05) is 10.8 Å². The Morgan fingerprint density at radius 2 is 1.59 bits per heavy atom. The molecule has 1 atom stereocenters. The summed E-state index contributed by atoms with van der Waals surface area (Å²) in [5.74, 6) is -0.621. The van der Waals surface area contributed by atoms with Crippen LogP contribution in [-0.4, -0.2) is 43.8 Å². The van der Waals surface area contributed by atoms with Crippen molar-refractivity contribution in [3.63, 3.8) is 0 Å². The van der Waals surface area contributed by atoms with Crippen molar-refractivity contribution in [3.05, 3.63) is 95.1 Å². The van der Waals surface area contributed by atoms with Crippen LogP contribution in [0.15, 0.2) is 77.7 Å². The van der Waals surface area contributed by atoms with Crippen LogP contribution in [0.5, 0.6) is 0 Å². The molecular weight excluding hydrogens is 534 g/mol. The van der Waals surface area contributed by atoms with E-state index in [9.17, 15) is 18.0 Å². The zero-order valence-electron chi connectivity index (χ0n) is 24.5. The fourth-order valence-electron chi connectivity index (χ4n) is 5.61. The van der Waals surface area contributed by atoms with Gasteiger partial charge in [-0.3, -0.25) is 13.9 Å². The molecule has 0 unspecified atom stereocenters. The van der Waals surface area contributed by atoms with Gasteiger partial charge >= 0.3 is 0 Å². The van der Waals surface area contributed by atoms with Gasteiger partial charge in [0.2, 0.25) is 11.8 Å². The monoisotopic (exact) mass is 575 g/mol. The lowest BCUT2D eigenvalue weighted by Gasteiger charge is -2.34. The molecule has 1 aliphatic rings. The van der Waals surface area contributed by atoms with Crippen LogP contribution in [0.25, 0.3) is 0 Å². The molecule has 0 saturated heterocycles. The van der Waals surface area contributed by atoms with E-state index in [1.54, 1.807) is 29.2 Å². The third-order valence-electron chi connectivity index (χ3n) is 7.75. The summed E-state index contributed by atoms with van der Waals surface area (Å²) in [5, 5.41) is 3.15. The summed E-state index contributed by atoms with van der Waals surface area (Å²) in [4.78, 5) is 29.5. The number of nitrogens with zero attached hydrogens (tertiary/aromatic N) is 2. The number of hydrogen-bond donors (Lipinski definition) is 1. The Morgan fingerprint density at radius 1 is 0.902 bits per heavy atom. The van der Waals surface area contributed by atoms with Crippen LogP contribution >= 0.6 is 0 Å². The quantitative estimate of drug-likeness (QED) is 0.319. The fraction of sp³-hybridized carbons (Fsp3) is 0.394. The highest BCUT2D eigenvalue weighted by Gasteiger charge is 2.35. The molecule has 1 fully saturated rings. The van der Waals surface area contributed by atoms with E-state index < -0.39 is 28.5 Å². The van der Waals surface area contributed by atoms with Crippen molar-refractivity contribution in [1.82, 2.24) is 10.2 Å². The molecule has 7 nitrogen and oxygen atoms in total. The molecule has 0 heterocycles. The smallest absolute Gasteiger partial charge is 0.264 e. The molecule has 3 aromatic rings. The Balaban J connectivity index is 1.73. The first-order valence-electron chi connectivity index (χ1n) is 14.4. The highest BCUT2D eigenvalue weighted by molar-refractivity contribution is 7.92. The van der Waals surface area contributed by atoms with Crippen molar-refractivity contribution in [1.29, 1.82) is 0 Å². The lowest BCUT2D eigenvalue weighted by atomic mass is 10.1. The Kier molecular flexibility index (Phi) is 9.86. The summed E-state index contributed by atoms with van der Waals surface area (Å²) in [6.07, 6.45) is 4.43. The predicted molar refractivity (Wildman–Crippen MR) is 163 cm³/mol. The van der Waals surface area contributed by atoms with E-state index in [4.69, 9.17) is 0 Å². The van der Waals surface area contributed by atoms with Gasteiger partial charge in [0.25, 0.3) is 10.0 Å². The lowest BCUT2D eigenvalue weighted by Crippen LogP contribution is -2.53. The van der Waals surface area contributed by atoms with Crippen molar-refractivity contribution < 1.29 is 18.0 Å². The number of carbonyl (C=O) groups excluding carboxylic acids is 2. The van der Waals surface area contributed by atoms with Gasteiger partial charge in [0.05, 0.1) is 10.6 Å². The number of nitrogens with one attached hydrogen (secondary N) is 1. The van der Waals surface area contributed by atoms with Crippen LogP contribution in [0.2, 0.25) is 0 Å². The zero-order valence-corrected chi connectivity index (χ0v) is 25.3. The Labute approximate surface area is 244 Å². The summed E-state index contributed by atoms with van der Waals surface area (Å²) >= 11 is 0. The highest BCUT2D eigenvalue weighted by atomic mass is 32.2. The second kappa shape index (κ2) is 13.3. The van der Waals surface area contributed by atoms with E-state index in [0.29, 0.717) is 12.1 Å². The van der Waals surface area contributed by atoms with Crippen molar-refractivity contribution in [2.24, 2.45) is 0 Å². The summed E-state index contributed by atoms with van der Waals surface area (Å²) < 4.78 is 29.2. The summed E-state index contributed by atoms with van der Waals surface area (Å²) in [6.45, 7) is 7.42. The standard InChI is InChI=1S/C33H41N3O4S/c1-5-30(33(38)34-28-14-9-10-15-28)35(22-27-13-11-12-24(2)21-27)32(37)23-36(31-19-18-25(3)20-26(31)4)41(39,40)29-16-7-6-8-17-29/h6-8,11-13,16-21,28,30H,5,9-10,14-15,22-23H2,1-4H3,(H,34,38)/t30-/m0/s1. The number of sulfonamides is 1.